The lowest BCUT2D eigenvalue weighted by Crippen LogP contribution is -2.30. The number of benzene rings is 1. The Hall–Kier alpha value is -2.76. The normalized spacial score (nSPS) is 10.3. The average molecular weight is 299 g/mol. The molecule has 1 amide bonds. The van der Waals surface area contributed by atoms with Crippen molar-refractivity contribution in [1.82, 2.24) is 9.55 Å². The molecule has 6 nitrogen and oxygen atoms in total. The summed E-state index contributed by atoms with van der Waals surface area (Å²) < 4.78 is 1.31. The Bertz CT molecular complexity index is 776. The molecule has 0 atom stereocenters. The number of carbonyl (C=O) groups excluding carboxylic acids is 2. The van der Waals surface area contributed by atoms with E-state index in [1.54, 1.807) is 38.1 Å². The number of nitrogens with one attached hydrogen (secondary N) is 1. The highest BCUT2D eigenvalue weighted by Crippen LogP contribution is 2.10. The van der Waals surface area contributed by atoms with Crippen LogP contribution in [0, 0.1) is 13.8 Å². The van der Waals surface area contributed by atoms with Gasteiger partial charge in [0, 0.05) is 23.0 Å². The van der Waals surface area contributed by atoms with Crippen LogP contribution in [0.4, 0.5) is 5.69 Å². The third-order valence-electron chi connectivity index (χ3n) is 3.20. The van der Waals surface area contributed by atoms with Crippen molar-refractivity contribution in [3.63, 3.8) is 0 Å². The summed E-state index contributed by atoms with van der Waals surface area (Å²) in [5.41, 5.74) is 1.51. The first kappa shape index (κ1) is 15.6. The van der Waals surface area contributed by atoms with E-state index in [1.807, 2.05) is 0 Å². The van der Waals surface area contributed by atoms with Gasteiger partial charge in [0.15, 0.2) is 5.78 Å². The number of anilines is 1. The lowest BCUT2D eigenvalue weighted by molar-refractivity contribution is -0.116. The number of ketones is 1. The zero-order valence-corrected chi connectivity index (χ0v) is 12.7. The van der Waals surface area contributed by atoms with Gasteiger partial charge in [-0.2, -0.15) is 0 Å². The number of nitrogens with zero attached hydrogens (tertiary/aromatic N) is 2. The Morgan fingerprint density at radius 2 is 1.82 bits per heavy atom. The van der Waals surface area contributed by atoms with Crippen molar-refractivity contribution in [3.05, 3.63) is 57.8 Å². The van der Waals surface area contributed by atoms with E-state index >= 15 is 0 Å². The molecule has 0 aliphatic heterocycles. The van der Waals surface area contributed by atoms with Crippen molar-refractivity contribution in [3.8, 4) is 0 Å². The lowest BCUT2D eigenvalue weighted by atomic mass is 10.1. The Morgan fingerprint density at radius 1 is 1.18 bits per heavy atom. The second-order valence-corrected chi connectivity index (χ2v) is 5.05. The van der Waals surface area contributed by atoms with Crippen LogP contribution < -0.4 is 10.9 Å². The van der Waals surface area contributed by atoms with E-state index in [4.69, 9.17) is 0 Å². The van der Waals surface area contributed by atoms with Crippen LogP contribution in [-0.4, -0.2) is 21.2 Å². The van der Waals surface area contributed by atoms with Gasteiger partial charge in [-0.25, -0.2) is 4.98 Å². The molecule has 0 spiro atoms. The SMILES string of the molecule is CC(=O)c1ccc(NC(=O)Cn2c(C)nc(C)cc2=O)cc1. The Balaban J connectivity index is 2.10. The van der Waals surface area contributed by atoms with Crippen molar-refractivity contribution >= 4 is 17.4 Å². The summed E-state index contributed by atoms with van der Waals surface area (Å²) >= 11 is 0. The van der Waals surface area contributed by atoms with Crippen LogP contribution in [0.5, 0.6) is 0 Å². The number of amides is 1. The Morgan fingerprint density at radius 3 is 2.36 bits per heavy atom. The number of aromatic nitrogens is 2. The molecular weight excluding hydrogens is 282 g/mol. The largest absolute Gasteiger partial charge is 0.325 e. The third kappa shape index (κ3) is 3.66. The molecule has 2 aromatic rings. The van der Waals surface area contributed by atoms with E-state index in [2.05, 4.69) is 10.3 Å². The summed E-state index contributed by atoms with van der Waals surface area (Å²) in [5, 5.41) is 2.69. The number of hydrogen-bond acceptors (Lipinski definition) is 4. The minimum Gasteiger partial charge on any atom is -0.325 e. The second-order valence-electron chi connectivity index (χ2n) is 5.05. The first-order valence-electron chi connectivity index (χ1n) is 6.83. The van der Waals surface area contributed by atoms with Crippen LogP contribution in [0.3, 0.4) is 0 Å². The standard InChI is InChI=1S/C16H17N3O3/c1-10-8-16(22)19(12(3)17-10)9-15(21)18-14-6-4-13(5-7-14)11(2)20/h4-8H,9H2,1-3H3,(H,18,21). The highest BCUT2D eigenvalue weighted by molar-refractivity contribution is 5.95. The summed E-state index contributed by atoms with van der Waals surface area (Å²) in [6, 6.07) is 7.98. The number of hydrogen-bond donors (Lipinski definition) is 1. The fraction of sp³-hybridized carbons (Fsp3) is 0.250. The van der Waals surface area contributed by atoms with Crippen molar-refractivity contribution in [2.24, 2.45) is 0 Å². The first-order chi connectivity index (χ1) is 10.4. The highest BCUT2D eigenvalue weighted by Gasteiger charge is 2.09. The maximum atomic E-state index is 12.0. The third-order valence-corrected chi connectivity index (χ3v) is 3.20. The molecule has 0 fully saturated rings. The van der Waals surface area contributed by atoms with E-state index in [1.165, 1.54) is 17.6 Å². The molecule has 6 heteroatoms. The monoisotopic (exact) mass is 299 g/mol. The summed E-state index contributed by atoms with van der Waals surface area (Å²) in [6.07, 6.45) is 0. The van der Waals surface area contributed by atoms with Gasteiger partial charge in [0.25, 0.3) is 5.56 Å². The van der Waals surface area contributed by atoms with Gasteiger partial charge < -0.3 is 5.32 Å². The molecule has 22 heavy (non-hydrogen) atoms. The molecule has 0 radical (unpaired) electrons. The molecule has 2 rings (SSSR count). The maximum absolute atomic E-state index is 12.0. The minimum absolute atomic E-state index is 0.0363. The Labute approximate surface area is 127 Å². The van der Waals surface area contributed by atoms with Crippen LogP contribution in [0.2, 0.25) is 0 Å². The van der Waals surface area contributed by atoms with E-state index in [-0.39, 0.29) is 23.8 Å². The van der Waals surface area contributed by atoms with Crippen LogP contribution >= 0.6 is 0 Å². The van der Waals surface area contributed by atoms with Crippen molar-refractivity contribution < 1.29 is 9.59 Å². The van der Waals surface area contributed by atoms with Crippen LogP contribution in [0.1, 0.15) is 28.8 Å². The van der Waals surface area contributed by atoms with Crippen molar-refractivity contribution in [2.45, 2.75) is 27.3 Å². The van der Waals surface area contributed by atoms with E-state index < -0.39 is 0 Å². The van der Waals surface area contributed by atoms with Crippen molar-refractivity contribution in [2.75, 3.05) is 5.32 Å². The minimum atomic E-state index is -0.327. The van der Waals surface area contributed by atoms with Gasteiger partial charge in [-0.1, -0.05) is 0 Å². The number of aryl methyl sites for hydroxylation is 2. The molecule has 0 bridgehead atoms. The summed E-state index contributed by atoms with van der Waals surface area (Å²) in [7, 11) is 0. The first-order valence-corrected chi connectivity index (χ1v) is 6.83. The van der Waals surface area contributed by atoms with Gasteiger partial charge in [-0.3, -0.25) is 19.0 Å². The molecular formula is C16H17N3O3. The molecule has 0 aliphatic carbocycles. The summed E-state index contributed by atoms with van der Waals surface area (Å²) in [4.78, 5) is 39.3. The van der Waals surface area contributed by atoms with Crippen LogP contribution in [-0.2, 0) is 11.3 Å². The fourth-order valence-electron chi connectivity index (χ4n) is 2.09. The highest BCUT2D eigenvalue weighted by atomic mass is 16.2. The number of rotatable bonds is 4. The van der Waals surface area contributed by atoms with E-state index in [0.717, 1.165) is 0 Å². The molecule has 0 saturated carbocycles. The second kappa shape index (κ2) is 6.34. The number of carbonyl (C=O) groups is 2. The molecule has 0 unspecified atom stereocenters. The lowest BCUT2D eigenvalue weighted by Gasteiger charge is -2.10. The topological polar surface area (TPSA) is 81.1 Å². The predicted molar refractivity (Wildman–Crippen MR) is 83.0 cm³/mol. The molecule has 1 aromatic carbocycles. The quantitative estimate of drug-likeness (QED) is 0.871. The average Bonchev–Trinajstić information content (AvgIpc) is 2.43. The van der Waals surface area contributed by atoms with E-state index in [0.29, 0.717) is 22.8 Å². The molecule has 1 N–H and O–H groups in total. The molecule has 1 heterocycles. The Kier molecular flexibility index (Phi) is 4.50. The van der Waals surface area contributed by atoms with Gasteiger partial charge >= 0.3 is 0 Å². The van der Waals surface area contributed by atoms with Gasteiger partial charge in [0.05, 0.1) is 0 Å². The van der Waals surface area contributed by atoms with Crippen molar-refractivity contribution in [1.29, 1.82) is 0 Å². The molecule has 0 aliphatic rings. The van der Waals surface area contributed by atoms with Gasteiger partial charge in [-0.15, -0.1) is 0 Å². The summed E-state index contributed by atoms with van der Waals surface area (Å²) in [6.45, 7) is 4.79. The maximum Gasteiger partial charge on any atom is 0.254 e. The van der Waals surface area contributed by atoms with E-state index in [9.17, 15) is 14.4 Å². The fourth-order valence-corrected chi connectivity index (χ4v) is 2.09. The van der Waals surface area contributed by atoms with Gasteiger partial charge in [0.2, 0.25) is 5.91 Å². The smallest absolute Gasteiger partial charge is 0.254 e. The zero-order valence-electron chi connectivity index (χ0n) is 12.7. The van der Waals surface area contributed by atoms with Gasteiger partial charge in [-0.05, 0) is 45.0 Å². The molecule has 1 aromatic heterocycles. The van der Waals surface area contributed by atoms with Gasteiger partial charge in [0.1, 0.15) is 12.4 Å². The van der Waals surface area contributed by atoms with Crippen LogP contribution in [0.25, 0.3) is 0 Å². The zero-order chi connectivity index (χ0) is 16.3. The number of Topliss-reactive ketones (excluding diaryl/α,β-unsaturated/α-hetero) is 1. The predicted octanol–water partition coefficient (Wildman–Crippen LogP) is 1.70. The van der Waals surface area contributed by atoms with Crippen LogP contribution in [0.15, 0.2) is 35.1 Å². The summed E-state index contributed by atoms with van der Waals surface area (Å²) in [5.74, 6) is 0.129. The molecule has 0 saturated heterocycles. The molecule has 114 valence electrons.